The molecule has 0 aromatic carbocycles. The molecule has 0 aromatic heterocycles. The number of nitrogens with one attached hydrogen (secondary N) is 1. The maximum absolute atomic E-state index is 11.7. The minimum atomic E-state index is -0.961. The summed E-state index contributed by atoms with van der Waals surface area (Å²) in [6, 6.07) is 2.27. The Kier molecular flexibility index (Phi) is 32.7. The van der Waals surface area contributed by atoms with Crippen molar-refractivity contribution < 1.29 is 24.9 Å². The van der Waals surface area contributed by atoms with E-state index in [1.165, 1.54) is 11.8 Å². The summed E-state index contributed by atoms with van der Waals surface area (Å²) in [6.07, 6.45) is 1.66. The predicted octanol–water partition coefficient (Wildman–Crippen LogP) is 5.10. The van der Waals surface area contributed by atoms with E-state index in [1.807, 2.05) is 27.7 Å². The number of rotatable bonds is 11. The van der Waals surface area contributed by atoms with Gasteiger partial charge in [-0.25, -0.2) is 0 Å². The van der Waals surface area contributed by atoms with Gasteiger partial charge in [-0.2, -0.15) is 5.26 Å². The molecular weight excluding hydrogens is 480 g/mol. The van der Waals surface area contributed by atoms with Crippen molar-refractivity contribution in [1.29, 1.82) is 5.26 Å². The van der Waals surface area contributed by atoms with Crippen molar-refractivity contribution in [2.75, 3.05) is 25.5 Å². The minimum Gasteiger partial charge on any atom is -0.481 e. The van der Waals surface area contributed by atoms with Crippen LogP contribution >= 0.6 is 35.7 Å². The number of thioether (sulfide) groups is 2. The van der Waals surface area contributed by atoms with Gasteiger partial charge in [-0.1, -0.05) is 72.4 Å². The molecule has 0 heterocycles. The van der Waals surface area contributed by atoms with Crippen LogP contribution in [0.1, 0.15) is 81.1 Å². The van der Waals surface area contributed by atoms with E-state index in [4.69, 9.17) is 27.5 Å². The Hall–Kier alpha value is -0.860. The van der Waals surface area contributed by atoms with Crippen LogP contribution in [0, 0.1) is 23.2 Å². The molecule has 1 unspecified atom stereocenters. The van der Waals surface area contributed by atoms with E-state index in [-0.39, 0.29) is 18.9 Å². The van der Waals surface area contributed by atoms with Gasteiger partial charge in [0, 0.05) is 19.6 Å². The molecule has 0 rings (SSSR count). The monoisotopic (exact) mass is 526 g/mol. The number of carboxylic acids is 1. The number of carbonyl (C=O) groups excluding carboxylic acids is 1. The van der Waals surface area contributed by atoms with Crippen LogP contribution in [0.15, 0.2) is 0 Å². The molecule has 0 fully saturated rings. The third-order valence-electron chi connectivity index (χ3n) is 3.38. The summed E-state index contributed by atoms with van der Waals surface area (Å²) in [5, 5.41) is 36.0. The molecule has 10 heteroatoms. The number of carbonyl (C=O) groups is 2. The number of carboxylic acid groups (broad SMARTS) is 1. The zero-order valence-corrected chi connectivity index (χ0v) is 24.1. The van der Waals surface area contributed by atoms with Crippen LogP contribution in [0.2, 0.25) is 0 Å². The quantitative estimate of drug-likeness (QED) is 0.272. The number of aliphatic hydroxyl groups is 2. The van der Waals surface area contributed by atoms with E-state index in [0.29, 0.717) is 37.8 Å². The molecular formula is C23H46N2O5S3. The van der Waals surface area contributed by atoms with Crippen molar-refractivity contribution in [2.24, 2.45) is 11.8 Å². The summed E-state index contributed by atoms with van der Waals surface area (Å²) in [4.78, 5) is 21.1. The summed E-state index contributed by atoms with van der Waals surface area (Å²) in [6.45, 7) is 16.9. The van der Waals surface area contributed by atoms with Crippen LogP contribution in [0.4, 0.5) is 0 Å². The van der Waals surface area contributed by atoms with Gasteiger partial charge in [0.05, 0.1) is 19.1 Å². The van der Waals surface area contributed by atoms with Crippen LogP contribution in [-0.2, 0) is 9.59 Å². The van der Waals surface area contributed by atoms with Crippen molar-refractivity contribution in [3.8, 4) is 6.07 Å². The second kappa shape index (κ2) is 27.4. The fourth-order valence-corrected chi connectivity index (χ4v) is 4.47. The van der Waals surface area contributed by atoms with E-state index in [9.17, 15) is 14.9 Å². The third-order valence-corrected chi connectivity index (χ3v) is 6.02. The Morgan fingerprint density at radius 3 is 1.91 bits per heavy atom. The first-order chi connectivity index (χ1) is 15.4. The molecule has 0 bridgehead atoms. The van der Waals surface area contributed by atoms with E-state index in [2.05, 4.69) is 39.1 Å². The van der Waals surface area contributed by atoms with Crippen molar-refractivity contribution in [3.05, 3.63) is 0 Å². The zero-order valence-electron chi connectivity index (χ0n) is 21.6. The predicted molar refractivity (Wildman–Crippen MR) is 147 cm³/mol. The molecule has 4 N–H and O–H groups in total. The molecule has 0 radical (unpaired) electrons. The highest BCUT2D eigenvalue weighted by molar-refractivity contribution is 8.47. The van der Waals surface area contributed by atoms with E-state index >= 15 is 0 Å². The molecule has 0 saturated heterocycles. The first-order valence-corrected chi connectivity index (χ1v) is 13.6. The number of amides is 1. The topological polar surface area (TPSA) is 131 Å². The largest absolute Gasteiger partial charge is 0.481 e. The Labute approximate surface area is 215 Å². The van der Waals surface area contributed by atoms with Gasteiger partial charge in [0.25, 0.3) is 0 Å². The van der Waals surface area contributed by atoms with Gasteiger partial charge in [-0.15, -0.1) is 11.8 Å². The van der Waals surface area contributed by atoms with Crippen LogP contribution in [0.5, 0.6) is 0 Å². The van der Waals surface area contributed by atoms with Gasteiger partial charge in [0.2, 0.25) is 5.91 Å². The maximum Gasteiger partial charge on any atom is 0.305 e. The number of aliphatic carboxylic acids is 1. The Morgan fingerprint density at radius 2 is 1.64 bits per heavy atom. The average molecular weight is 527 g/mol. The van der Waals surface area contributed by atoms with E-state index in [0.717, 1.165) is 15.7 Å². The summed E-state index contributed by atoms with van der Waals surface area (Å²) in [5.41, 5.74) is 0. The SMILES string of the molecule is CC.CC(C)CCO.CCSC(=S)SC(C)(C#N)CCC(=O)NCC(C)C.O=C(O)CCO. The van der Waals surface area contributed by atoms with Crippen LogP contribution in [0.25, 0.3) is 0 Å². The van der Waals surface area contributed by atoms with Gasteiger partial charge in [-0.05, 0) is 37.4 Å². The highest BCUT2D eigenvalue weighted by atomic mass is 32.2. The van der Waals surface area contributed by atoms with Crippen molar-refractivity contribution in [2.45, 2.75) is 85.8 Å². The number of nitriles is 1. The fourth-order valence-electron chi connectivity index (χ4n) is 1.57. The molecule has 0 spiro atoms. The second-order valence-corrected chi connectivity index (χ2v) is 11.6. The zero-order chi connectivity index (χ0) is 26.9. The number of thiocarbonyl (C=S) groups is 1. The van der Waals surface area contributed by atoms with Crippen molar-refractivity contribution >= 4 is 51.1 Å². The lowest BCUT2D eigenvalue weighted by molar-refractivity contribution is -0.137. The minimum absolute atomic E-state index is 0.00448. The first-order valence-electron chi connectivity index (χ1n) is 11.3. The van der Waals surface area contributed by atoms with Crippen molar-refractivity contribution in [3.63, 3.8) is 0 Å². The van der Waals surface area contributed by atoms with E-state index in [1.54, 1.807) is 11.8 Å². The normalized spacial score (nSPS) is 11.4. The number of nitrogens with zero attached hydrogens (tertiary/aromatic N) is 1. The number of hydrogen-bond acceptors (Lipinski definition) is 8. The van der Waals surface area contributed by atoms with Gasteiger partial charge < -0.3 is 20.6 Å². The van der Waals surface area contributed by atoms with Gasteiger partial charge in [-0.3, -0.25) is 9.59 Å². The van der Waals surface area contributed by atoms with Crippen LogP contribution in [-0.4, -0.2) is 61.0 Å². The molecule has 7 nitrogen and oxygen atoms in total. The summed E-state index contributed by atoms with van der Waals surface area (Å²) >= 11 is 8.16. The summed E-state index contributed by atoms with van der Waals surface area (Å²) in [5.74, 6) is 1.04. The number of aliphatic hydroxyl groups excluding tert-OH is 2. The lowest BCUT2D eigenvalue weighted by Gasteiger charge is -2.20. The lowest BCUT2D eigenvalue weighted by Crippen LogP contribution is -2.29. The molecule has 0 aliphatic rings. The third kappa shape index (κ3) is 35.9. The highest BCUT2D eigenvalue weighted by Crippen LogP contribution is 2.34. The maximum atomic E-state index is 11.7. The van der Waals surface area contributed by atoms with E-state index < -0.39 is 10.7 Å². The van der Waals surface area contributed by atoms with Gasteiger partial charge >= 0.3 is 5.97 Å². The van der Waals surface area contributed by atoms with Gasteiger partial charge in [0.15, 0.2) is 0 Å². The summed E-state index contributed by atoms with van der Waals surface area (Å²) < 4.78 is 0.156. The average Bonchev–Trinajstić information content (AvgIpc) is 2.73. The number of hydrogen-bond donors (Lipinski definition) is 4. The smallest absolute Gasteiger partial charge is 0.305 e. The summed E-state index contributed by atoms with van der Waals surface area (Å²) in [7, 11) is 0. The lowest BCUT2D eigenvalue weighted by atomic mass is 10.1. The molecule has 1 atom stereocenters. The Morgan fingerprint density at radius 1 is 1.09 bits per heavy atom. The molecule has 196 valence electrons. The highest BCUT2D eigenvalue weighted by Gasteiger charge is 2.27. The molecule has 0 saturated carbocycles. The molecule has 33 heavy (non-hydrogen) atoms. The molecule has 0 aliphatic heterocycles. The molecule has 0 aromatic rings. The Balaban J connectivity index is -0.000000245. The standard InChI is InChI=1S/C13H22N2OS3.C5H12O.C3H6O3.C2H6/c1-5-18-12(17)19-13(4,9-14)7-6-11(16)15-8-10(2)3;1-5(2)3-4-6;4-2-1-3(5)6;1-2/h10H,5-8H2,1-4H3,(H,15,16);5-6H,3-4H2,1-2H3;4H,1-2H2,(H,5,6);1-2H3. The second-order valence-electron chi connectivity index (χ2n) is 7.60. The van der Waals surface area contributed by atoms with Crippen LogP contribution in [0.3, 0.4) is 0 Å². The van der Waals surface area contributed by atoms with Crippen LogP contribution < -0.4 is 5.32 Å². The van der Waals surface area contributed by atoms with Crippen molar-refractivity contribution in [1.82, 2.24) is 5.32 Å². The first kappa shape index (κ1) is 39.4. The van der Waals surface area contributed by atoms with Gasteiger partial charge in [0.1, 0.15) is 8.28 Å². The molecule has 1 amide bonds. The molecule has 0 aliphatic carbocycles. The fraction of sp³-hybridized carbons (Fsp3) is 0.826. The Bertz CT molecular complexity index is 541.